The van der Waals surface area contributed by atoms with Gasteiger partial charge in [-0.05, 0) is 13.8 Å². The number of thiazole rings is 1. The van der Waals surface area contributed by atoms with Gasteiger partial charge in [-0.1, -0.05) is 19.1 Å². The van der Waals surface area contributed by atoms with E-state index in [1.807, 2.05) is 17.8 Å². The number of nitrogens with one attached hydrogen (secondary N) is 1. The second-order valence-electron chi connectivity index (χ2n) is 4.69. The number of hydrogen-bond donors (Lipinski definition) is 1. The Morgan fingerprint density at radius 2 is 2.17 bits per heavy atom. The van der Waals surface area contributed by atoms with Crippen LogP contribution in [-0.2, 0) is 13.1 Å². The SMILES string of the molecule is Cc1nc(Cn2cc(CNC(C)C)nn2)sc1C. The second kappa shape index (κ2) is 5.58. The molecule has 0 amide bonds. The molecule has 6 heteroatoms. The summed E-state index contributed by atoms with van der Waals surface area (Å²) >= 11 is 1.72. The zero-order valence-electron chi connectivity index (χ0n) is 11.3. The molecule has 2 aromatic rings. The first-order valence-electron chi connectivity index (χ1n) is 6.10. The first kappa shape index (κ1) is 13.2. The molecule has 0 radical (unpaired) electrons. The summed E-state index contributed by atoms with van der Waals surface area (Å²) in [4.78, 5) is 5.77. The van der Waals surface area contributed by atoms with Crippen LogP contribution in [0.2, 0.25) is 0 Å². The van der Waals surface area contributed by atoms with Crippen LogP contribution in [0.15, 0.2) is 6.20 Å². The minimum absolute atomic E-state index is 0.458. The van der Waals surface area contributed by atoms with Gasteiger partial charge in [-0.25, -0.2) is 9.67 Å². The summed E-state index contributed by atoms with van der Waals surface area (Å²) in [7, 11) is 0. The van der Waals surface area contributed by atoms with E-state index in [9.17, 15) is 0 Å². The van der Waals surface area contributed by atoms with Gasteiger partial charge in [0.05, 0.1) is 24.1 Å². The topological polar surface area (TPSA) is 55.6 Å². The van der Waals surface area contributed by atoms with Crippen LogP contribution in [0.3, 0.4) is 0 Å². The van der Waals surface area contributed by atoms with Crippen LogP contribution in [0.25, 0.3) is 0 Å². The highest BCUT2D eigenvalue weighted by molar-refractivity contribution is 7.11. The van der Waals surface area contributed by atoms with Crippen LogP contribution in [0, 0.1) is 13.8 Å². The van der Waals surface area contributed by atoms with Crippen molar-refractivity contribution in [3.63, 3.8) is 0 Å². The van der Waals surface area contributed by atoms with Crippen LogP contribution in [0.1, 0.15) is 35.1 Å². The quantitative estimate of drug-likeness (QED) is 0.897. The summed E-state index contributed by atoms with van der Waals surface area (Å²) in [5.74, 6) is 0. The fourth-order valence-corrected chi connectivity index (χ4v) is 2.48. The van der Waals surface area contributed by atoms with Crippen LogP contribution < -0.4 is 5.32 Å². The molecular formula is C12H19N5S. The minimum atomic E-state index is 0.458. The largest absolute Gasteiger partial charge is 0.309 e. The van der Waals surface area contributed by atoms with Gasteiger partial charge in [0.2, 0.25) is 0 Å². The van der Waals surface area contributed by atoms with E-state index in [0.29, 0.717) is 12.6 Å². The normalized spacial score (nSPS) is 11.4. The first-order valence-corrected chi connectivity index (χ1v) is 6.91. The fraction of sp³-hybridized carbons (Fsp3) is 0.583. The predicted molar refractivity (Wildman–Crippen MR) is 72.7 cm³/mol. The zero-order chi connectivity index (χ0) is 13.1. The molecule has 0 bridgehead atoms. The van der Waals surface area contributed by atoms with Crippen molar-refractivity contribution in [3.05, 3.63) is 27.5 Å². The van der Waals surface area contributed by atoms with Crippen molar-refractivity contribution >= 4 is 11.3 Å². The summed E-state index contributed by atoms with van der Waals surface area (Å²) in [5.41, 5.74) is 2.07. The van der Waals surface area contributed by atoms with Gasteiger partial charge in [-0.2, -0.15) is 0 Å². The van der Waals surface area contributed by atoms with Gasteiger partial charge in [0.25, 0.3) is 0 Å². The molecule has 5 nitrogen and oxygen atoms in total. The average Bonchev–Trinajstić information content (AvgIpc) is 2.85. The van der Waals surface area contributed by atoms with Crippen molar-refractivity contribution < 1.29 is 0 Å². The third-order valence-corrected chi connectivity index (χ3v) is 3.71. The molecule has 0 atom stereocenters. The van der Waals surface area contributed by atoms with E-state index >= 15 is 0 Å². The van der Waals surface area contributed by atoms with Gasteiger partial charge in [0.15, 0.2) is 0 Å². The van der Waals surface area contributed by atoms with Crippen LogP contribution in [-0.4, -0.2) is 26.0 Å². The highest BCUT2D eigenvalue weighted by atomic mass is 32.1. The maximum atomic E-state index is 4.50. The lowest BCUT2D eigenvalue weighted by Gasteiger charge is -2.03. The summed E-state index contributed by atoms with van der Waals surface area (Å²) in [6.07, 6.45) is 1.97. The Hall–Kier alpha value is -1.27. The number of aromatic nitrogens is 4. The third kappa shape index (κ3) is 3.36. The number of hydrogen-bond acceptors (Lipinski definition) is 5. The lowest BCUT2D eigenvalue weighted by atomic mass is 10.3. The van der Waals surface area contributed by atoms with Crippen molar-refractivity contribution in [2.75, 3.05) is 0 Å². The maximum Gasteiger partial charge on any atom is 0.115 e. The Bertz CT molecular complexity index is 495. The Labute approximate surface area is 111 Å². The van der Waals surface area contributed by atoms with Gasteiger partial charge >= 0.3 is 0 Å². The van der Waals surface area contributed by atoms with Gasteiger partial charge in [-0.15, -0.1) is 16.4 Å². The molecule has 2 rings (SSSR count). The molecule has 1 N–H and O–H groups in total. The Kier molecular flexibility index (Phi) is 4.08. The Balaban J connectivity index is 1.98. The van der Waals surface area contributed by atoms with Crippen LogP contribution >= 0.6 is 11.3 Å². The highest BCUT2D eigenvalue weighted by Gasteiger charge is 2.06. The van der Waals surface area contributed by atoms with E-state index in [-0.39, 0.29) is 0 Å². The first-order chi connectivity index (χ1) is 8.54. The molecule has 0 saturated carbocycles. The van der Waals surface area contributed by atoms with Gasteiger partial charge < -0.3 is 5.32 Å². The average molecular weight is 265 g/mol. The molecule has 0 spiro atoms. The number of aryl methyl sites for hydroxylation is 2. The summed E-state index contributed by atoms with van der Waals surface area (Å²) in [6.45, 7) is 9.82. The molecule has 0 fully saturated rings. The Morgan fingerprint density at radius 3 is 2.78 bits per heavy atom. The highest BCUT2D eigenvalue weighted by Crippen LogP contribution is 2.17. The van der Waals surface area contributed by atoms with Crippen LogP contribution in [0.5, 0.6) is 0 Å². The third-order valence-electron chi connectivity index (χ3n) is 2.65. The smallest absolute Gasteiger partial charge is 0.115 e. The van der Waals surface area contributed by atoms with E-state index < -0.39 is 0 Å². The molecule has 0 unspecified atom stereocenters. The van der Waals surface area contributed by atoms with Crippen molar-refractivity contribution in [2.24, 2.45) is 0 Å². The molecule has 0 aromatic carbocycles. The lowest BCUT2D eigenvalue weighted by Crippen LogP contribution is -2.21. The molecule has 18 heavy (non-hydrogen) atoms. The zero-order valence-corrected chi connectivity index (χ0v) is 12.1. The number of rotatable bonds is 5. The number of nitrogens with zero attached hydrogens (tertiary/aromatic N) is 4. The fourth-order valence-electron chi connectivity index (χ4n) is 1.55. The molecule has 0 aliphatic carbocycles. The summed E-state index contributed by atoms with van der Waals surface area (Å²) in [6, 6.07) is 0.458. The van der Waals surface area contributed by atoms with Gasteiger partial charge in [0.1, 0.15) is 5.01 Å². The summed E-state index contributed by atoms with van der Waals surface area (Å²) < 4.78 is 1.84. The minimum Gasteiger partial charge on any atom is -0.309 e. The molecule has 2 heterocycles. The Morgan fingerprint density at radius 1 is 1.39 bits per heavy atom. The van der Waals surface area contributed by atoms with E-state index in [1.165, 1.54) is 4.88 Å². The molecule has 98 valence electrons. The molecule has 0 aliphatic heterocycles. The van der Waals surface area contributed by atoms with Gasteiger partial charge in [-0.3, -0.25) is 0 Å². The standard InChI is InChI=1S/C12H19N5S/c1-8(2)13-5-11-6-17(16-15-11)7-12-14-9(3)10(4)18-12/h6,8,13H,5,7H2,1-4H3. The molecule has 0 aliphatic rings. The second-order valence-corrected chi connectivity index (χ2v) is 5.98. The van der Waals surface area contributed by atoms with Crippen molar-refractivity contribution in [3.8, 4) is 0 Å². The summed E-state index contributed by atoms with van der Waals surface area (Å²) in [5, 5.41) is 12.7. The van der Waals surface area contributed by atoms with E-state index in [2.05, 4.69) is 41.4 Å². The molecular weight excluding hydrogens is 246 g/mol. The van der Waals surface area contributed by atoms with E-state index in [0.717, 1.165) is 22.9 Å². The molecule has 0 saturated heterocycles. The van der Waals surface area contributed by atoms with Crippen LogP contribution in [0.4, 0.5) is 0 Å². The van der Waals surface area contributed by atoms with Gasteiger partial charge in [0, 0.05) is 17.5 Å². The predicted octanol–water partition coefficient (Wildman–Crippen LogP) is 1.90. The van der Waals surface area contributed by atoms with Crippen molar-refractivity contribution in [1.82, 2.24) is 25.3 Å². The monoisotopic (exact) mass is 265 g/mol. The molecule has 2 aromatic heterocycles. The van der Waals surface area contributed by atoms with E-state index in [4.69, 9.17) is 0 Å². The van der Waals surface area contributed by atoms with Crippen molar-refractivity contribution in [1.29, 1.82) is 0 Å². The maximum absolute atomic E-state index is 4.50. The van der Waals surface area contributed by atoms with Crippen molar-refractivity contribution in [2.45, 2.75) is 46.8 Å². The van der Waals surface area contributed by atoms with E-state index in [1.54, 1.807) is 11.3 Å². The lowest BCUT2D eigenvalue weighted by molar-refractivity contribution is 0.580.